The summed E-state index contributed by atoms with van der Waals surface area (Å²) in [4.78, 5) is 0. The van der Waals surface area contributed by atoms with E-state index >= 15 is 0 Å². The average Bonchev–Trinajstić information content (AvgIpc) is 2.99. The standard InChI is InChI=1S/C12H23NO2/c1-13-12(8-14,10-6-7-10)9-15-11-4-2-3-5-11/h10-11,13-14H,2-9H2,1H3. The molecule has 0 heterocycles. The highest BCUT2D eigenvalue weighted by atomic mass is 16.5. The van der Waals surface area contributed by atoms with E-state index in [2.05, 4.69) is 5.32 Å². The summed E-state index contributed by atoms with van der Waals surface area (Å²) < 4.78 is 5.93. The van der Waals surface area contributed by atoms with Gasteiger partial charge in [-0.3, -0.25) is 0 Å². The van der Waals surface area contributed by atoms with Gasteiger partial charge in [-0.25, -0.2) is 0 Å². The summed E-state index contributed by atoms with van der Waals surface area (Å²) in [6.45, 7) is 0.871. The average molecular weight is 213 g/mol. The maximum absolute atomic E-state index is 9.52. The van der Waals surface area contributed by atoms with Crippen LogP contribution in [0.15, 0.2) is 0 Å². The summed E-state index contributed by atoms with van der Waals surface area (Å²) in [7, 11) is 1.94. The van der Waals surface area contributed by atoms with E-state index in [1.165, 1.54) is 38.5 Å². The molecule has 0 aromatic rings. The smallest absolute Gasteiger partial charge is 0.0677 e. The maximum Gasteiger partial charge on any atom is 0.0677 e. The lowest BCUT2D eigenvalue weighted by molar-refractivity contribution is -0.0125. The zero-order valence-electron chi connectivity index (χ0n) is 9.67. The Morgan fingerprint density at radius 1 is 1.27 bits per heavy atom. The molecular weight excluding hydrogens is 190 g/mol. The third-order valence-corrected chi connectivity index (χ3v) is 4.02. The molecular formula is C12H23NO2. The zero-order chi connectivity index (χ0) is 10.7. The van der Waals surface area contributed by atoms with Gasteiger partial charge in [-0.1, -0.05) is 12.8 Å². The van der Waals surface area contributed by atoms with Crippen molar-refractivity contribution >= 4 is 0 Å². The molecule has 2 fully saturated rings. The Balaban J connectivity index is 1.82. The minimum atomic E-state index is -0.164. The molecule has 0 saturated heterocycles. The summed E-state index contributed by atoms with van der Waals surface area (Å²) in [5.41, 5.74) is -0.164. The van der Waals surface area contributed by atoms with E-state index in [4.69, 9.17) is 4.74 Å². The Hall–Kier alpha value is -0.120. The molecule has 0 radical (unpaired) electrons. The van der Waals surface area contributed by atoms with Crippen LogP contribution in [0.4, 0.5) is 0 Å². The number of ether oxygens (including phenoxy) is 1. The Morgan fingerprint density at radius 3 is 2.40 bits per heavy atom. The molecule has 0 aromatic carbocycles. The second-order valence-corrected chi connectivity index (χ2v) is 5.06. The first kappa shape index (κ1) is 11.4. The largest absolute Gasteiger partial charge is 0.394 e. The van der Waals surface area contributed by atoms with Crippen LogP contribution >= 0.6 is 0 Å². The molecule has 3 heteroatoms. The number of hydrogen-bond donors (Lipinski definition) is 2. The maximum atomic E-state index is 9.52. The first-order chi connectivity index (χ1) is 7.30. The number of hydrogen-bond acceptors (Lipinski definition) is 3. The monoisotopic (exact) mass is 213 g/mol. The number of likely N-dealkylation sites (N-methyl/N-ethyl adjacent to an activating group) is 1. The van der Waals surface area contributed by atoms with Crippen LogP contribution in [0.3, 0.4) is 0 Å². The van der Waals surface area contributed by atoms with Crippen molar-refractivity contribution in [3.8, 4) is 0 Å². The number of aliphatic hydroxyl groups excluding tert-OH is 1. The van der Waals surface area contributed by atoms with Crippen molar-refractivity contribution in [1.29, 1.82) is 0 Å². The first-order valence-corrected chi connectivity index (χ1v) is 6.22. The van der Waals surface area contributed by atoms with Crippen LogP contribution in [-0.4, -0.2) is 37.0 Å². The molecule has 0 amide bonds. The molecule has 0 bridgehead atoms. The van der Waals surface area contributed by atoms with Crippen LogP contribution in [0.2, 0.25) is 0 Å². The van der Waals surface area contributed by atoms with Gasteiger partial charge in [0.1, 0.15) is 0 Å². The predicted molar refractivity (Wildman–Crippen MR) is 59.8 cm³/mol. The lowest BCUT2D eigenvalue weighted by Crippen LogP contribution is -2.53. The number of nitrogens with one attached hydrogen (secondary N) is 1. The Bertz CT molecular complexity index is 194. The second kappa shape index (κ2) is 4.81. The minimum Gasteiger partial charge on any atom is -0.394 e. The van der Waals surface area contributed by atoms with Crippen molar-refractivity contribution in [2.75, 3.05) is 20.3 Å². The van der Waals surface area contributed by atoms with Crippen LogP contribution in [0.25, 0.3) is 0 Å². The van der Waals surface area contributed by atoms with E-state index in [1.807, 2.05) is 7.05 Å². The Morgan fingerprint density at radius 2 is 1.93 bits per heavy atom. The summed E-state index contributed by atoms with van der Waals surface area (Å²) in [6, 6.07) is 0. The third-order valence-electron chi connectivity index (χ3n) is 4.02. The lowest BCUT2D eigenvalue weighted by atomic mass is 9.95. The highest BCUT2D eigenvalue weighted by Crippen LogP contribution is 2.40. The quantitative estimate of drug-likeness (QED) is 0.699. The third kappa shape index (κ3) is 2.52. The van der Waals surface area contributed by atoms with Crippen molar-refractivity contribution < 1.29 is 9.84 Å². The molecule has 0 aromatic heterocycles. The van der Waals surface area contributed by atoms with Gasteiger partial charge in [0.25, 0.3) is 0 Å². The van der Waals surface area contributed by atoms with Crippen molar-refractivity contribution in [2.45, 2.75) is 50.2 Å². The van der Waals surface area contributed by atoms with E-state index in [-0.39, 0.29) is 12.1 Å². The molecule has 2 N–H and O–H groups in total. The van der Waals surface area contributed by atoms with Crippen molar-refractivity contribution in [2.24, 2.45) is 5.92 Å². The van der Waals surface area contributed by atoms with Crippen LogP contribution < -0.4 is 5.32 Å². The van der Waals surface area contributed by atoms with Crippen LogP contribution in [0.5, 0.6) is 0 Å². The van der Waals surface area contributed by atoms with E-state index in [9.17, 15) is 5.11 Å². The molecule has 1 unspecified atom stereocenters. The van der Waals surface area contributed by atoms with Gasteiger partial charge >= 0.3 is 0 Å². The molecule has 2 saturated carbocycles. The van der Waals surface area contributed by atoms with Gasteiger partial charge < -0.3 is 15.2 Å². The molecule has 2 aliphatic rings. The Labute approximate surface area is 92.2 Å². The van der Waals surface area contributed by atoms with Crippen LogP contribution in [-0.2, 0) is 4.74 Å². The highest BCUT2D eigenvalue weighted by molar-refractivity contribution is 5.00. The van der Waals surface area contributed by atoms with Gasteiger partial charge in [-0.15, -0.1) is 0 Å². The Kier molecular flexibility index (Phi) is 3.65. The second-order valence-electron chi connectivity index (χ2n) is 5.06. The summed E-state index contributed by atoms with van der Waals surface area (Å²) in [6.07, 6.45) is 7.93. The normalized spacial score (nSPS) is 26.8. The number of aliphatic hydroxyl groups is 1. The molecule has 0 aliphatic heterocycles. The molecule has 3 nitrogen and oxygen atoms in total. The molecule has 2 rings (SSSR count). The highest BCUT2D eigenvalue weighted by Gasteiger charge is 2.44. The zero-order valence-corrected chi connectivity index (χ0v) is 9.67. The van der Waals surface area contributed by atoms with Gasteiger partial charge in [0.2, 0.25) is 0 Å². The summed E-state index contributed by atoms with van der Waals surface area (Å²) >= 11 is 0. The fourth-order valence-corrected chi connectivity index (χ4v) is 2.61. The first-order valence-electron chi connectivity index (χ1n) is 6.22. The molecule has 15 heavy (non-hydrogen) atoms. The molecule has 88 valence electrons. The minimum absolute atomic E-state index is 0.164. The van der Waals surface area contributed by atoms with E-state index in [0.717, 1.165) is 0 Å². The SMILES string of the molecule is CNC(CO)(COC1CCCC1)C1CC1. The fourth-order valence-electron chi connectivity index (χ4n) is 2.61. The van der Waals surface area contributed by atoms with Crippen LogP contribution in [0.1, 0.15) is 38.5 Å². The molecule has 0 spiro atoms. The van der Waals surface area contributed by atoms with Gasteiger partial charge in [0.05, 0.1) is 24.9 Å². The van der Waals surface area contributed by atoms with Gasteiger partial charge in [0.15, 0.2) is 0 Å². The van der Waals surface area contributed by atoms with Crippen molar-refractivity contribution in [1.82, 2.24) is 5.32 Å². The lowest BCUT2D eigenvalue weighted by Gasteiger charge is -2.32. The van der Waals surface area contributed by atoms with Crippen molar-refractivity contribution in [3.05, 3.63) is 0 Å². The van der Waals surface area contributed by atoms with Crippen LogP contribution in [0, 0.1) is 5.92 Å². The fraction of sp³-hybridized carbons (Fsp3) is 1.00. The van der Waals surface area contributed by atoms with Gasteiger partial charge in [0, 0.05) is 0 Å². The summed E-state index contributed by atoms with van der Waals surface area (Å²) in [5.74, 6) is 0.619. The molecule has 2 aliphatic carbocycles. The predicted octanol–water partition coefficient (Wildman–Crippen LogP) is 1.31. The van der Waals surface area contributed by atoms with E-state index in [0.29, 0.717) is 18.6 Å². The molecule has 1 atom stereocenters. The van der Waals surface area contributed by atoms with Crippen molar-refractivity contribution in [3.63, 3.8) is 0 Å². The van der Waals surface area contributed by atoms with E-state index < -0.39 is 0 Å². The topological polar surface area (TPSA) is 41.5 Å². The van der Waals surface area contributed by atoms with Gasteiger partial charge in [-0.05, 0) is 38.6 Å². The van der Waals surface area contributed by atoms with E-state index in [1.54, 1.807) is 0 Å². The summed E-state index contributed by atoms with van der Waals surface area (Å²) in [5, 5.41) is 12.8. The van der Waals surface area contributed by atoms with Gasteiger partial charge in [-0.2, -0.15) is 0 Å². The number of rotatable bonds is 6.